The van der Waals surface area contributed by atoms with Crippen LogP contribution in [0.4, 0.5) is 0 Å². The van der Waals surface area contributed by atoms with E-state index in [-0.39, 0.29) is 30.0 Å². The predicted octanol–water partition coefficient (Wildman–Crippen LogP) is 2.95. The summed E-state index contributed by atoms with van der Waals surface area (Å²) in [6.07, 6.45) is 2.86. The summed E-state index contributed by atoms with van der Waals surface area (Å²) in [5, 5.41) is 11.0. The van der Waals surface area contributed by atoms with E-state index in [4.69, 9.17) is 4.74 Å². The Balaban J connectivity index is 0.00000225. The summed E-state index contributed by atoms with van der Waals surface area (Å²) in [6.45, 7) is 9.42. The molecule has 0 radical (unpaired) electrons. The van der Waals surface area contributed by atoms with Gasteiger partial charge in [0.15, 0.2) is 0 Å². The van der Waals surface area contributed by atoms with Crippen molar-refractivity contribution < 1.29 is 9.53 Å². The molecule has 4 rings (SSSR count). The van der Waals surface area contributed by atoms with E-state index in [1.165, 1.54) is 10.4 Å². The van der Waals surface area contributed by atoms with Crippen molar-refractivity contribution >= 4 is 29.7 Å². The Labute approximate surface area is 176 Å². The van der Waals surface area contributed by atoms with Crippen LogP contribution in [0.1, 0.15) is 51.3 Å². The van der Waals surface area contributed by atoms with Crippen molar-refractivity contribution in [1.82, 2.24) is 20.4 Å². The number of hydrogen-bond donors (Lipinski definition) is 2. The van der Waals surface area contributed by atoms with Gasteiger partial charge in [-0.1, -0.05) is 0 Å². The van der Waals surface area contributed by atoms with Crippen LogP contribution in [0.25, 0.3) is 0 Å². The molecule has 0 aliphatic carbocycles. The number of halogens is 1. The molecule has 1 spiro atoms. The van der Waals surface area contributed by atoms with Crippen molar-refractivity contribution in [2.75, 3.05) is 19.7 Å². The van der Waals surface area contributed by atoms with Crippen molar-refractivity contribution in [3.63, 3.8) is 0 Å². The van der Waals surface area contributed by atoms with Crippen molar-refractivity contribution in [2.24, 2.45) is 0 Å². The fraction of sp³-hybridized carbons (Fsp3) is 0.600. The van der Waals surface area contributed by atoms with E-state index < -0.39 is 0 Å². The second-order valence-corrected chi connectivity index (χ2v) is 8.84. The first-order valence-corrected chi connectivity index (χ1v) is 10.6. The Morgan fingerprint density at radius 1 is 1.39 bits per heavy atom. The highest BCUT2D eigenvalue weighted by Gasteiger charge is 2.41. The van der Waals surface area contributed by atoms with Crippen molar-refractivity contribution in [3.8, 4) is 0 Å². The molecule has 2 aliphatic heterocycles. The van der Waals surface area contributed by atoms with Gasteiger partial charge in [0.25, 0.3) is 5.91 Å². The number of nitrogens with one attached hydrogen (secondary N) is 2. The number of hydrogen-bond acceptors (Lipinski definition) is 5. The zero-order valence-corrected chi connectivity index (χ0v) is 18.3. The van der Waals surface area contributed by atoms with Crippen molar-refractivity contribution in [1.29, 1.82) is 0 Å². The van der Waals surface area contributed by atoms with Gasteiger partial charge in [-0.2, -0.15) is 5.10 Å². The fourth-order valence-electron chi connectivity index (χ4n) is 4.20. The van der Waals surface area contributed by atoms with Gasteiger partial charge in [-0.05, 0) is 70.8 Å². The lowest BCUT2D eigenvalue weighted by atomic mass is 9.86. The fourth-order valence-corrected chi connectivity index (χ4v) is 5.51. The number of rotatable bonds is 4. The van der Waals surface area contributed by atoms with Crippen molar-refractivity contribution in [2.45, 2.75) is 58.2 Å². The van der Waals surface area contributed by atoms with Gasteiger partial charge in [0.2, 0.25) is 0 Å². The first-order chi connectivity index (χ1) is 13.0. The molecule has 0 aromatic carbocycles. The molecule has 2 aromatic heterocycles. The van der Waals surface area contributed by atoms with E-state index in [0.717, 1.165) is 55.2 Å². The molecule has 1 amide bonds. The summed E-state index contributed by atoms with van der Waals surface area (Å²) in [5.74, 6) is 0.00696. The summed E-state index contributed by atoms with van der Waals surface area (Å²) >= 11 is 1.62. The standard InChI is InChI=1S/C20H28N4O2S.ClH/c1-13-10-15(3)24(23-13)12-14(2)22-19(25)17-11-16-4-9-26-20(18(16)27-17)5-7-21-8-6-20;/h10-11,14,21H,4-9,12H2,1-3H3,(H,22,25);1H. The van der Waals surface area contributed by atoms with Gasteiger partial charge in [-0.3, -0.25) is 9.48 Å². The van der Waals surface area contributed by atoms with E-state index in [1.807, 2.05) is 25.5 Å². The third-order valence-electron chi connectivity index (χ3n) is 5.54. The minimum Gasteiger partial charge on any atom is -0.369 e. The average Bonchev–Trinajstić information content (AvgIpc) is 3.20. The SMILES string of the molecule is Cc1cc(C)n(CC(C)NC(=O)c2cc3c(s2)C2(CCNCC2)OCC3)n1.Cl. The normalized spacial score (nSPS) is 19.0. The third-order valence-corrected chi connectivity index (χ3v) is 6.90. The number of carbonyl (C=O) groups is 1. The second kappa shape index (κ2) is 8.53. The topological polar surface area (TPSA) is 68.2 Å². The lowest BCUT2D eigenvalue weighted by Crippen LogP contribution is -2.44. The van der Waals surface area contributed by atoms with E-state index >= 15 is 0 Å². The van der Waals surface area contributed by atoms with Gasteiger partial charge < -0.3 is 15.4 Å². The molecule has 8 heteroatoms. The van der Waals surface area contributed by atoms with Crippen LogP contribution in [0.15, 0.2) is 12.1 Å². The molecule has 2 aliphatic rings. The van der Waals surface area contributed by atoms with Crippen LogP contribution in [0.5, 0.6) is 0 Å². The molecular weight excluding hydrogens is 396 g/mol. The van der Waals surface area contributed by atoms with Gasteiger partial charge in [-0.25, -0.2) is 0 Å². The maximum Gasteiger partial charge on any atom is 0.261 e. The van der Waals surface area contributed by atoms with E-state index in [9.17, 15) is 4.79 Å². The first-order valence-electron chi connectivity index (χ1n) is 9.77. The molecular formula is C20H29ClN4O2S. The average molecular weight is 425 g/mol. The van der Waals surface area contributed by atoms with E-state index in [1.54, 1.807) is 11.3 Å². The molecule has 28 heavy (non-hydrogen) atoms. The highest BCUT2D eigenvalue weighted by Crippen LogP contribution is 2.44. The minimum atomic E-state index is -0.183. The van der Waals surface area contributed by atoms with Crippen LogP contribution in [0.3, 0.4) is 0 Å². The Morgan fingerprint density at radius 2 is 2.14 bits per heavy atom. The predicted molar refractivity (Wildman–Crippen MR) is 114 cm³/mol. The van der Waals surface area contributed by atoms with Gasteiger partial charge >= 0.3 is 0 Å². The summed E-state index contributed by atoms with van der Waals surface area (Å²) in [7, 11) is 0. The highest BCUT2D eigenvalue weighted by atomic mass is 35.5. The van der Waals surface area contributed by atoms with Crippen LogP contribution in [-0.2, 0) is 23.3 Å². The molecule has 4 heterocycles. The van der Waals surface area contributed by atoms with Crippen LogP contribution in [0.2, 0.25) is 0 Å². The molecule has 2 N–H and O–H groups in total. The van der Waals surface area contributed by atoms with Crippen LogP contribution in [-0.4, -0.2) is 41.4 Å². The Kier molecular flexibility index (Phi) is 6.49. The Morgan fingerprint density at radius 3 is 2.82 bits per heavy atom. The van der Waals surface area contributed by atoms with Crippen molar-refractivity contribution in [3.05, 3.63) is 38.8 Å². The summed E-state index contributed by atoms with van der Waals surface area (Å²) in [6, 6.07) is 4.15. The smallest absolute Gasteiger partial charge is 0.261 e. The minimum absolute atomic E-state index is 0. The number of carbonyl (C=O) groups excluding carboxylic acids is 1. The Hall–Kier alpha value is -1.41. The number of aryl methyl sites for hydroxylation is 2. The van der Waals surface area contributed by atoms with Gasteiger partial charge in [-0.15, -0.1) is 23.7 Å². The Bertz CT molecular complexity index is 841. The first kappa shape index (κ1) is 21.3. The third kappa shape index (κ3) is 4.13. The van der Waals surface area contributed by atoms with Crippen LogP contribution >= 0.6 is 23.7 Å². The number of amides is 1. The number of piperidine rings is 1. The molecule has 1 unspecified atom stereocenters. The maximum atomic E-state index is 12.8. The zero-order chi connectivity index (χ0) is 19.0. The summed E-state index contributed by atoms with van der Waals surface area (Å²) in [5.41, 5.74) is 3.23. The number of thiophene rings is 1. The monoisotopic (exact) mass is 424 g/mol. The largest absolute Gasteiger partial charge is 0.369 e. The lowest BCUT2D eigenvalue weighted by Gasteiger charge is -2.40. The quantitative estimate of drug-likeness (QED) is 0.791. The maximum absolute atomic E-state index is 12.8. The summed E-state index contributed by atoms with van der Waals surface area (Å²) < 4.78 is 8.18. The second-order valence-electron chi connectivity index (χ2n) is 7.79. The highest BCUT2D eigenvalue weighted by molar-refractivity contribution is 7.14. The van der Waals surface area contributed by atoms with E-state index in [2.05, 4.69) is 27.9 Å². The summed E-state index contributed by atoms with van der Waals surface area (Å²) in [4.78, 5) is 14.9. The lowest BCUT2D eigenvalue weighted by molar-refractivity contribution is -0.0771. The number of fused-ring (bicyclic) bond motifs is 2. The van der Waals surface area contributed by atoms with Gasteiger partial charge in [0, 0.05) is 16.6 Å². The zero-order valence-electron chi connectivity index (χ0n) is 16.7. The molecule has 154 valence electrons. The van der Waals surface area contributed by atoms with Crippen LogP contribution in [0, 0.1) is 13.8 Å². The number of nitrogens with zero attached hydrogens (tertiary/aromatic N) is 2. The molecule has 2 aromatic rings. The molecule has 0 bridgehead atoms. The molecule has 1 atom stereocenters. The van der Waals surface area contributed by atoms with Crippen LogP contribution < -0.4 is 10.6 Å². The molecule has 1 fully saturated rings. The van der Waals surface area contributed by atoms with Gasteiger partial charge in [0.05, 0.1) is 23.7 Å². The number of aromatic nitrogens is 2. The molecule has 1 saturated heterocycles. The molecule has 6 nitrogen and oxygen atoms in total. The molecule has 0 saturated carbocycles. The van der Waals surface area contributed by atoms with Gasteiger partial charge in [0.1, 0.15) is 5.60 Å². The van der Waals surface area contributed by atoms with E-state index in [0.29, 0.717) is 6.54 Å². The number of ether oxygens (including phenoxy) is 1.